The number of benzene rings is 2. The number of rotatable bonds is 11. The summed E-state index contributed by atoms with van der Waals surface area (Å²) in [7, 11) is 0. The number of allylic oxidation sites excluding steroid dienone is 1. The van der Waals surface area contributed by atoms with Crippen molar-refractivity contribution in [2.24, 2.45) is 5.73 Å². The summed E-state index contributed by atoms with van der Waals surface area (Å²) in [5.74, 6) is -1.08. The quantitative estimate of drug-likeness (QED) is 0.161. The number of pyridine rings is 1. The van der Waals surface area contributed by atoms with Gasteiger partial charge in [0, 0.05) is 30.1 Å². The molecule has 1 atom stereocenters. The van der Waals surface area contributed by atoms with Crippen LogP contribution in [0.4, 0.5) is 0 Å². The Morgan fingerprint density at radius 2 is 1.61 bits per heavy atom. The van der Waals surface area contributed by atoms with E-state index in [9.17, 15) is 14.7 Å². The van der Waals surface area contributed by atoms with E-state index < -0.39 is 12.0 Å². The van der Waals surface area contributed by atoms with Crippen molar-refractivity contribution in [1.29, 1.82) is 5.41 Å². The summed E-state index contributed by atoms with van der Waals surface area (Å²) in [5, 5.41) is 23.0. The number of carbonyl (C=O) groups is 1. The molecule has 0 aliphatic heterocycles. The summed E-state index contributed by atoms with van der Waals surface area (Å²) >= 11 is 0. The second kappa shape index (κ2) is 11.4. The highest BCUT2D eigenvalue weighted by molar-refractivity contribution is 5.79. The largest absolute Gasteiger partial charge is 0.480 e. The van der Waals surface area contributed by atoms with Gasteiger partial charge in [0.2, 0.25) is 0 Å². The number of carboxylic acids is 1. The number of nitrogens with zero attached hydrogens (tertiary/aromatic N) is 1. The molecule has 8 nitrogen and oxygen atoms in total. The van der Waals surface area contributed by atoms with Crippen LogP contribution in [0.2, 0.25) is 0 Å². The predicted molar refractivity (Wildman–Crippen MR) is 141 cm³/mol. The summed E-state index contributed by atoms with van der Waals surface area (Å²) in [6, 6.07) is 21.9. The summed E-state index contributed by atoms with van der Waals surface area (Å²) in [6.45, 7) is 0.424. The second-order valence-electron chi connectivity index (χ2n) is 8.88. The number of hydrogen-bond acceptors (Lipinski definition) is 4. The molecule has 1 aromatic heterocycles. The monoisotopic (exact) mass is 485 g/mol. The molecule has 1 fully saturated rings. The third-order valence-electron chi connectivity index (χ3n) is 6.19. The molecule has 8 heteroatoms. The van der Waals surface area contributed by atoms with Crippen LogP contribution in [0.3, 0.4) is 0 Å². The van der Waals surface area contributed by atoms with Crippen molar-refractivity contribution in [2.45, 2.75) is 37.8 Å². The van der Waals surface area contributed by atoms with Gasteiger partial charge in [-0.05, 0) is 48.4 Å². The lowest BCUT2D eigenvalue weighted by atomic mass is 9.98. The van der Waals surface area contributed by atoms with Crippen molar-refractivity contribution in [3.05, 3.63) is 112 Å². The fraction of sp³-hybridized carbons (Fsp3) is 0.250. The molecule has 36 heavy (non-hydrogen) atoms. The van der Waals surface area contributed by atoms with Crippen molar-refractivity contribution >= 4 is 17.6 Å². The third kappa shape index (κ3) is 6.21. The Bertz CT molecular complexity index is 1260. The normalized spacial score (nSPS) is 13.2. The molecule has 1 aliphatic rings. The van der Waals surface area contributed by atoms with Crippen LogP contribution in [-0.2, 0) is 4.79 Å². The Labute approximate surface area is 210 Å². The molecule has 6 N–H and O–H groups in total. The molecule has 0 radical (unpaired) electrons. The van der Waals surface area contributed by atoms with Gasteiger partial charge in [0.15, 0.2) is 5.96 Å². The van der Waals surface area contributed by atoms with Gasteiger partial charge in [0.25, 0.3) is 5.56 Å². The molecule has 2 aromatic carbocycles. The number of carboxylic acid groups (broad SMARTS) is 1. The molecule has 1 heterocycles. The molecule has 0 unspecified atom stereocenters. The van der Waals surface area contributed by atoms with Crippen LogP contribution < -0.4 is 21.9 Å². The Hall–Kier alpha value is -4.33. The first-order chi connectivity index (χ1) is 17.4. The van der Waals surface area contributed by atoms with Gasteiger partial charge in [0.05, 0.1) is 6.04 Å². The van der Waals surface area contributed by atoms with Crippen LogP contribution in [0.25, 0.3) is 5.70 Å². The van der Waals surface area contributed by atoms with E-state index in [1.165, 1.54) is 0 Å². The average Bonchev–Trinajstić information content (AvgIpc) is 3.71. The number of aromatic nitrogens is 1. The smallest absolute Gasteiger partial charge is 0.326 e. The van der Waals surface area contributed by atoms with E-state index in [2.05, 4.69) is 10.6 Å². The molecular weight excluding hydrogens is 454 g/mol. The molecule has 1 saturated carbocycles. The van der Waals surface area contributed by atoms with Crippen molar-refractivity contribution in [3.8, 4) is 0 Å². The lowest BCUT2D eigenvalue weighted by Gasteiger charge is -2.23. The second-order valence-corrected chi connectivity index (χ2v) is 8.88. The van der Waals surface area contributed by atoms with E-state index in [0.29, 0.717) is 19.4 Å². The van der Waals surface area contributed by atoms with Crippen molar-refractivity contribution < 1.29 is 9.90 Å². The SMILES string of the molecule is N=C(N)NCCC[C@H](NC(=C1CC1)c1ccc(=O)n(C(c2ccccc2)c2ccccc2)c1)C(=O)O. The maximum Gasteiger partial charge on any atom is 0.326 e. The van der Waals surface area contributed by atoms with Crippen LogP contribution in [-0.4, -0.2) is 34.2 Å². The number of aliphatic carboxylic acids is 1. The van der Waals surface area contributed by atoms with Crippen LogP contribution in [0.1, 0.15) is 48.4 Å². The molecule has 3 aromatic rings. The minimum absolute atomic E-state index is 0.135. The Morgan fingerprint density at radius 3 is 2.14 bits per heavy atom. The first-order valence-corrected chi connectivity index (χ1v) is 12.1. The molecule has 186 valence electrons. The summed E-state index contributed by atoms with van der Waals surface area (Å²) in [6.07, 6.45) is 4.51. The molecular formula is C28H31N5O3. The summed E-state index contributed by atoms with van der Waals surface area (Å²) in [5.41, 5.74) is 9.85. The van der Waals surface area contributed by atoms with Crippen molar-refractivity contribution in [3.63, 3.8) is 0 Å². The lowest BCUT2D eigenvalue weighted by molar-refractivity contribution is -0.139. The Balaban J connectivity index is 1.67. The first-order valence-electron chi connectivity index (χ1n) is 12.1. The molecule has 0 amide bonds. The van der Waals surface area contributed by atoms with E-state index in [4.69, 9.17) is 11.1 Å². The topological polar surface area (TPSA) is 133 Å². The third-order valence-corrected chi connectivity index (χ3v) is 6.19. The van der Waals surface area contributed by atoms with Gasteiger partial charge in [-0.15, -0.1) is 0 Å². The highest BCUT2D eigenvalue weighted by Crippen LogP contribution is 2.36. The lowest BCUT2D eigenvalue weighted by Crippen LogP contribution is -2.37. The molecule has 1 aliphatic carbocycles. The van der Waals surface area contributed by atoms with E-state index in [1.807, 2.05) is 66.9 Å². The zero-order chi connectivity index (χ0) is 25.5. The minimum atomic E-state index is -0.948. The number of nitrogens with two attached hydrogens (primary N) is 1. The zero-order valence-corrected chi connectivity index (χ0v) is 20.0. The maximum absolute atomic E-state index is 13.1. The number of nitrogens with one attached hydrogen (secondary N) is 3. The summed E-state index contributed by atoms with van der Waals surface area (Å²) < 4.78 is 1.72. The van der Waals surface area contributed by atoms with E-state index in [0.717, 1.165) is 40.8 Å². The Morgan fingerprint density at radius 1 is 1.00 bits per heavy atom. The van der Waals surface area contributed by atoms with Gasteiger partial charge < -0.3 is 26.0 Å². The molecule has 4 rings (SSSR count). The van der Waals surface area contributed by atoms with Gasteiger partial charge >= 0.3 is 5.97 Å². The van der Waals surface area contributed by atoms with Gasteiger partial charge in [-0.2, -0.15) is 0 Å². The minimum Gasteiger partial charge on any atom is -0.480 e. The van der Waals surface area contributed by atoms with Gasteiger partial charge in [-0.3, -0.25) is 10.2 Å². The van der Waals surface area contributed by atoms with Gasteiger partial charge in [-0.1, -0.05) is 60.7 Å². The van der Waals surface area contributed by atoms with Crippen LogP contribution >= 0.6 is 0 Å². The van der Waals surface area contributed by atoms with Gasteiger partial charge in [0.1, 0.15) is 6.04 Å². The standard InChI is InChI=1S/C28H31N5O3/c29-28(30)31-17-7-12-23(27(35)36)32-25(19-13-14-19)22-15-16-24(34)33(18-22)26(20-8-3-1-4-9-20)21-10-5-2-6-11-21/h1-6,8-11,15-16,18,23,26,32H,7,12-14,17H2,(H,35,36)(H4,29,30,31)/t23-/m0/s1. The summed E-state index contributed by atoms with van der Waals surface area (Å²) in [4.78, 5) is 25.1. The zero-order valence-electron chi connectivity index (χ0n) is 20.0. The molecule has 0 saturated heterocycles. The van der Waals surface area contributed by atoms with Crippen LogP contribution in [0, 0.1) is 5.41 Å². The molecule has 0 bridgehead atoms. The van der Waals surface area contributed by atoms with Crippen LogP contribution in [0.5, 0.6) is 0 Å². The van der Waals surface area contributed by atoms with Crippen molar-refractivity contribution in [2.75, 3.05) is 6.54 Å². The highest BCUT2D eigenvalue weighted by Gasteiger charge is 2.26. The van der Waals surface area contributed by atoms with E-state index >= 15 is 0 Å². The van der Waals surface area contributed by atoms with Crippen LogP contribution in [0.15, 0.2) is 89.4 Å². The van der Waals surface area contributed by atoms with Crippen molar-refractivity contribution in [1.82, 2.24) is 15.2 Å². The average molecular weight is 486 g/mol. The number of guanidine groups is 1. The highest BCUT2D eigenvalue weighted by atomic mass is 16.4. The maximum atomic E-state index is 13.1. The van der Waals surface area contributed by atoms with E-state index in [1.54, 1.807) is 16.7 Å². The molecule has 0 spiro atoms. The fourth-order valence-corrected chi connectivity index (χ4v) is 4.30. The Kier molecular flexibility index (Phi) is 7.85. The number of hydrogen-bond donors (Lipinski definition) is 5. The van der Waals surface area contributed by atoms with Gasteiger partial charge in [-0.25, -0.2) is 4.79 Å². The van der Waals surface area contributed by atoms with E-state index in [-0.39, 0.29) is 17.6 Å². The fourth-order valence-electron chi connectivity index (χ4n) is 4.30. The predicted octanol–water partition coefficient (Wildman–Crippen LogP) is 3.30. The first kappa shape index (κ1) is 24.8.